The van der Waals surface area contributed by atoms with Crippen LogP contribution >= 0.6 is 0 Å². The van der Waals surface area contributed by atoms with Crippen molar-refractivity contribution < 1.29 is 4.79 Å². The summed E-state index contributed by atoms with van der Waals surface area (Å²) in [6.07, 6.45) is 2.21. The van der Waals surface area contributed by atoms with E-state index in [0.717, 1.165) is 42.9 Å². The summed E-state index contributed by atoms with van der Waals surface area (Å²) in [5.41, 5.74) is 4.07. The van der Waals surface area contributed by atoms with Crippen molar-refractivity contribution in [2.24, 2.45) is 0 Å². The first-order chi connectivity index (χ1) is 13.2. The summed E-state index contributed by atoms with van der Waals surface area (Å²) in [4.78, 5) is 21.4. The van der Waals surface area contributed by atoms with Crippen LogP contribution in [0, 0.1) is 0 Å². The van der Waals surface area contributed by atoms with Gasteiger partial charge in [0.05, 0.1) is 17.4 Å². The molecule has 1 aliphatic rings. The number of aryl methyl sites for hydroxylation is 1. The van der Waals surface area contributed by atoms with Crippen LogP contribution in [0.25, 0.3) is 11.0 Å². The zero-order chi connectivity index (χ0) is 18.6. The summed E-state index contributed by atoms with van der Waals surface area (Å²) in [6, 6.07) is 16.1. The van der Waals surface area contributed by atoms with Crippen molar-refractivity contribution in [3.63, 3.8) is 0 Å². The first kappa shape index (κ1) is 17.5. The number of hydrogen-bond acceptors (Lipinski definition) is 4. The lowest BCUT2D eigenvalue weighted by Gasteiger charge is -2.34. The Balaban J connectivity index is 1.31. The maximum Gasteiger partial charge on any atom is 0.226 e. The molecule has 1 fully saturated rings. The highest BCUT2D eigenvalue weighted by Gasteiger charge is 2.14. The Morgan fingerprint density at radius 1 is 1.04 bits per heavy atom. The first-order valence-corrected chi connectivity index (χ1v) is 9.42. The van der Waals surface area contributed by atoms with Crippen molar-refractivity contribution in [2.75, 3.05) is 43.4 Å². The summed E-state index contributed by atoms with van der Waals surface area (Å²) in [6.45, 7) is 4.87. The fraction of sp³-hybridized carbons (Fsp3) is 0.333. The topological polar surface area (TPSA) is 53.4 Å². The van der Waals surface area contributed by atoms with E-state index in [-0.39, 0.29) is 5.91 Å². The van der Waals surface area contributed by atoms with Crippen LogP contribution in [0.4, 0.5) is 11.4 Å². The van der Waals surface area contributed by atoms with Crippen molar-refractivity contribution in [3.8, 4) is 0 Å². The van der Waals surface area contributed by atoms with E-state index in [9.17, 15) is 4.79 Å². The number of benzene rings is 2. The van der Waals surface area contributed by atoms with Crippen LogP contribution in [-0.2, 0) is 11.3 Å². The fourth-order valence-corrected chi connectivity index (χ4v) is 3.45. The van der Waals surface area contributed by atoms with E-state index in [4.69, 9.17) is 0 Å². The highest BCUT2D eigenvalue weighted by Crippen LogP contribution is 2.19. The Kier molecular flexibility index (Phi) is 5.07. The molecule has 2 aromatic carbocycles. The molecule has 0 radical (unpaired) electrons. The van der Waals surface area contributed by atoms with Gasteiger partial charge in [-0.25, -0.2) is 4.98 Å². The van der Waals surface area contributed by atoms with Crippen molar-refractivity contribution in [2.45, 2.75) is 13.0 Å². The lowest BCUT2D eigenvalue weighted by molar-refractivity contribution is -0.116. The van der Waals surface area contributed by atoms with Gasteiger partial charge in [-0.2, -0.15) is 0 Å². The number of piperazine rings is 1. The number of rotatable bonds is 5. The number of fused-ring (bicyclic) bond motifs is 1. The van der Waals surface area contributed by atoms with E-state index in [1.807, 2.05) is 41.0 Å². The average Bonchev–Trinajstić information content (AvgIpc) is 3.11. The molecule has 0 spiro atoms. The van der Waals surface area contributed by atoms with E-state index >= 15 is 0 Å². The zero-order valence-electron chi connectivity index (χ0n) is 15.6. The number of carbonyl (C=O) groups is 1. The van der Waals surface area contributed by atoms with Gasteiger partial charge in [0, 0.05) is 50.5 Å². The molecule has 2 heterocycles. The number of amides is 1. The molecule has 3 aromatic rings. The Morgan fingerprint density at radius 3 is 2.56 bits per heavy atom. The van der Waals surface area contributed by atoms with E-state index in [1.54, 1.807) is 6.33 Å². The molecule has 1 saturated heterocycles. The number of likely N-dealkylation sites (N-methyl/N-ethyl adjacent to an activating group) is 1. The Bertz CT molecular complexity index is 910. The van der Waals surface area contributed by atoms with Crippen LogP contribution in [-0.4, -0.2) is 53.6 Å². The summed E-state index contributed by atoms with van der Waals surface area (Å²) in [7, 11) is 2.16. The van der Waals surface area contributed by atoms with Crippen molar-refractivity contribution >= 4 is 28.3 Å². The van der Waals surface area contributed by atoms with E-state index < -0.39 is 0 Å². The molecule has 27 heavy (non-hydrogen) atoms. The predicted octanol–water partition coefficient (Wildman–Crippen LogP) is 2.82. The van der Waals surface area contributed by atoms with Gasteiger partial charge in [0.2, 0.25) is 5.91 Å². The fourth-order valence-electron chi connectivity index (χ4n) is 3.45. The second kappa shape index (κ2) is 7.80. The van der Waals surface area contributed by atoms with Gasteiger partial charge in [0.25, 0.3) is 0 Å². The van der Waals surface area contributed by atoms with Crippen molar-refractivity contribution in [3.05, 3.63) is 54.9 Å². The van der Waals surface area contributed by atoms with E-state index in [0.29, 0.717) is 13.0 Å². The zero-order valence-corrected chi connectivity index (χ0v) is 15.6. The van der Waals surface area contributed by atoms with Crippen LogP contribution in [0.5, 0.6) is 0 Å². The standard InChI is InChI=1S/C21H25N5O/c1-24-12-14-25(15-13-24)18-8-6-17(7-9-18)23-21(27)10-11-26-16-22-19-4-2-3-5-20(19)26/h2-9,16H,10-15H2,1H3,(H,23,27). The Hall–Kier alpha value is -2.86. The third kappa shape index (κ3) is 4.11. The summed E-state index contributed by atoms with van der Waals surface area (Å²) >= 11 is 0. The molecule has 1 amide bonds. The van der Waals surface area contributed by atoms with Gasteiger partial charge in [0.15, 0.2) is 0 Å². The largest absolute Gasteiger partial charge is 0.369 e. The van der Waals surface area contributed by atoms with Crippen LogP contribution < -0.4 is 10.2 Å². The van der Waals surface area contributed by atoms with Gasteiger partial charge in [-0.05, 0) is 43.4 Å². The van der Waals surface area contributed by atoms with Crippen molar-refractivity contribution in [1.82, 2.24) is 14.5 Å². The quantitative estimate of drug-likeness (QED) is 0.757. The summed E-state index contributed by atoms with van der Waals surface area (Å²) in [5.74, 6) is 0.0140. The number of imidazole rings is 1. The number of anilines is 2. The van der Waals surface area contributed by atoms with Gasteiger partial charge in [0.1, 0.15) is 0 Å². The average molecular weight is 363 g/mol. The van der Waals surface area contributed by atoms with Crippen LogP contribution in [0.3, 0.4) is 0 Å². The molecule has 1 aromatic heterocycles. The van der Waals surface area contributed by atoms with Crippen molar-refractivity contribution in [1.29, 1.82) is 0 Å². The lowest BCUT2D eigenvalue weighted by Crippen LogP contribution is -2.44. The molecular formula is C21H25N5O. The minimum atomic E-state index is 0.0140. The second-order valence-corrected chi connectivity index (χ2v) is 7.06. The summed E-state index contributed by atoms with van der Waals surface area (Å²) in [5, 5.41) is 2.99. The lowest BCUT2D eigenvalue weighted by atomic mass is 10.2. The molecule has 0 atom stereocenters. The monoisotopic (exact) mass is 363 g/mol. The minimum absolute atomic E-state index is 0.0140. The number of para-hydroxylation sites is 2. The molecule has 1 N–H and O–H groups in total. The molecule has 1 aliphatic heterocycles. The van der Waals surface area contributed by atoms with Gasteiger partial charge in [-0.15, -0.1) is 0 Å². The minimum Gasteiger partial charge on any atom is -0.369 e. The summed E-state index contributed by atoms with van der Waals surface area (Å²) < 4.78 is 2.02. The SMILES string of the molecule is CN1CCN(c2ccc(NC(=O)CCn3cnc4ccccc43)cc2)CC1. The van der Waals surface area contributed by atoms with Crippen LogP contribution in [0.15, 0.2) is 54.9 Å². The van der Waals surface area contributed by atoms with E-state index in [1.165, 1.54) is 5.69 Å². The predicted molar refractivity (Wildman–Crippen MR) is 109 cm³/mol. The van der Waals surface area contributed by atoms with Crippen LogP contribution in [0.1, 0.15) is 6.42 Å². The highest BCUT2D eigenvalue weighted by atomic mass is 16.1. The third-order valence-electron chi connectivity index (χ3n) is 5.13. The number of carbonyl (C=O) groups excluding carboxylic acids is 1. The molecule has 0 bridgehead atoms. The van der Waals surface area contributed by atoms with Gasteiger partial charge < -0.3 is 19.7 Å². The van der Waals surface area contributed by atoms with E-state index in [2.05, 4.69) is 39.3 Å². The highest BCUT2D eigenvalue weighted by molar-refractivity contribution is 5.91. The number of aromatic nitrogens is 2. The molecule has 4 rings (SSSR count). The Morgan fingerprint density at radius 2 is 1.78 bits per heavy atom. The third-order valence-corrected chi connectivity index (χ3v) is 5.13. The molecule has 0 aliphatic carbocycles. The number of hydrogen-bond donors (Lipinski definition) is 1. The molecule has 6 nitrogen and oxygen atoms in total. The van der Waals surface area contributed by atoms with Crippen LogP contribution in [0.2, 0.25) is 0 Å². The normalized spacial score (nSPS) is 15.2. The molecule has 0 unspecified atom stereocenters. The Labute approximate surface area is 159 Å². The first-order valence-electron chi connectivity index (χ1n) is 9.42. The number of nitrogens with one attached hydrogen (secondary N) is 1. The van der Waals surface area contributed by atoms with Gasteiger partial charge >= 0.3 is 0 Å². The van der Waals surface area contributed by atoms with Gasteiger partial charge in [-0.3, -0.25) is 4.79 Å². The smallest absolute Gasteiger partial charge is 0.226 e. The van der Waals surface area contributed by atoms with Gasteiger partial charge in [-0.1, -0.05) is 12.1 Å². The molecule has 0 saturated carbocycles. The molecule has 140 valence electrons. The maximum absolute atomic E-state index is 12.3. The number of nitrogens with zero attached hydrogens (tertiary/aromatic N) is 4. The second-order valence-electron chi connectivity index (χ2n) is 7.06. The molecule has 6 heteroatoms. The molecular weight excluding hydrogens is 338 g/mol. The maximum atomic E-state index is 12.3.